The molecule has 0 amide bonds. The zero-order valence-electron chi connectivity index (χ0n) is 13.0. The van der Waals surface area contributed by atoms with Crippen LogP contribution in [0.5, 0.6) is 0 Å². The number of fused-ring (bicyclic) bond motifs is 1. The van der Waals surface area contributed by atoms with Crippen molar-refractivity contribution in [2.24, 2.45) is 5.41 Å². The van der Waals surface area contributed by atoms with Gasteiger partial charge in [0.1, 0.15) is 17.4 Å². The molecule has 1 N–H and O–H groups in total. The van der Waals surface area contributed by atoms with Crippen LogP contribution in [0.3, 0.4) is 0 Å². The number of aliphatic hydroxyl groups is 1. The van der Waals surface area contributed by atoms with Crippen LogP contribution in [0.15, 0.2) is 34.7 Å². The van der Waals surface area contributed by atoms with Gasteiger partial charge < -0.3 is 14.4 Å². The third kappa shape index (κ3) is 3.47. The molecule has 1 fully saturated rings. The Balaban J connectivity index is 1.66. The molecule has 0 bridgehead atoms. The van der Waals surface area contributed by atoms with Gasteiger partial charge >= 0.3 is 0 Å². The molecule has 2 aromatic rings. The monoisotopic (exact) mass is 287 g/mol. The zero-order chi connectivity index (χ0) is 14.9. The molecular weight excluding hydrogens is 262 g/mol. The van der Waals surface area contributed by atoms with Crippen molar-refractivity contribution in [3.05, 3.63) is 36.1 Å². The Morgan fingerprint density at radius 2 is 2.05 bits per heavy atom. The fourth-order valence-corrected chi connectivity index (χ4v) is 3.16. The molecule has 1 aliphatic rings. The molecule has 1 aliphatic heterocycles. The van der Waals surface area contributed by atoms with Gasteiger partial charge in [-0.25, -0.2) is 0 Å². The van der Waals surface area contributed by atoms with Crippen molar-refractivity contribution >= 4 is 11.0 Å². The first-order valence-corrected chi connectivity index (χ1v) is 7.92. The number of likely N-dealkylation sites (tertiary alicyclic amines) is 1. The lowest BCUT2D eigenvalue weighted by Crippen LogP contribution is -2.30. The summed E-state index contributed by atoms with van der Waals surface area (Å²) in [6.07, 6.45) is 3.13. The Kier molecular flexibility index (Phi) is 4.05. The number of rotatable bonds is 3. The van der Waals surface area contributed by atoms with Crippen LogP contribution < -0.4 is 0 Å². The highest BCUT2D eigenvalue weighted by Crippen LogP contribution is 2.31. The minimum absolute atomic E-state index is 0.430. The van der Waals surface area contributed by atoms with E-state index >= 15 is 0 Å². The molecular formula is C18H25NO2. The number of hydrogen-bond acceptors (Lipinski definition) is 3. The lowest BCUT2D eigenvalue weighted by atomic mass is 9.85. The maximum absolute atomic E-state index is 10.5. The van der Waals surface area contributed by atoms with Crippen LogP contribution in [-0.4, -0.2) is 29.6 Å². The standard InChI is InChI=1S/C18H25NO2/c1-18(2)8-5-10-19(11-9-18)13-15(20)17-12-14-6-3-4-7-16(14)21-17/h3-4,6-7,12,15,20H,5,8-11,13H2,1-2H3. The van der Waals surface area contributed by atoms with Gasteiger partial charge in [0.15, 0.2) is 0 Å². The van der Waals surface area contributed by atoms with Crippen LogP contribution >= 0.6 is 0 Å². The normalized spacial score (nSPS) is 21.3. The van der Waals surface area contributed by atoms with Gasteiger partial charge in [0.2, 0.25) is 0 Å². The molecule has 1 aromatic heterocycles. The first kappa shape index (κ1) is 14.6. The molecule has 0 spiro atoms. The second kappa shape index (κ2) is 5.82. The fourth-order valence-electron chi connectivity index (χ4n) is 3.16. The van der Waals surface area contributed by atoms with Crippen molar-refractivity contribution in [1.29, 1.82) is 0 Å². The van der Waals surface area contributed by atoms with Crippen molar-refractivity contribution in [1.82, 2.24) is 4.90 Å². The fraction of sp³-hybridized carbons (Fsp3) is 0.556. The Labute approximate surface area is 126 Å². The first-order valence-electron chi connectivity index (χ1n) is 7.92. The topological polar surface area (TPSA) is 36.6 Å². The highest BCUT2D eigenvalue weighted by Gasteiger charge is 2.25. The van der Waals surface area contributed by atoms with E-state index in [1.165, 1.54) is 19.3 Å². The molecule has 1 atom stereocenters. The van der Waals surface area contributed by atoms with E-state index in [9.17, 15) is 5.11 Å². The maximum atomic E-state index is 10.5. The average Bonchev–Trinajstić information content (AvgIpc) is 2.81. The van der Waals surface area contributed by atoms with Crippen molar-refractivity contribution in [2.45, 2.75) is 39.2 Å². The summed E-state index contributed by atoms with van der Waals surface area (Å²) in [4.78, 5) is 2.37. The molecule has 1 unspecified atom stereocenters. The van der Waals surface area contributed by atoms with E-state index in [4.69, 9.17) is 4.42 Å². The zero-order valence-corrected chi connectivity index (χ0v) is 13.0. The number of β-amino-alcohol motifs (C(OH)–C–C–N with tert-alkyl or cyclic N) is 1. The minimum Gasteiger partial charge on any atom is -0.458 e. The summed E-state index contributed by atoms with van der Waals surface area (Å²) in [6.45, 7) is 7.47. The molecule has 1 aromatic carbocycles. The molecule has 2 heterocycles. The number of aliphatic hydroxyl groups excluding tert-OH is 1. The van der Waals surface area contributed by atoms with Crippen LogP contribution in [0.25, 0.3) is 11.0 Å². The van der Waals surface area contributed by atoms with Crippen LogP contribution in [0.4, 0.5) is 0 Å². The van der Waals surface area contributed by atoms with Crippen molar-refractivity contribution in [2.75, 3.05) is 19.6 Å². The third-order valence-electron chi connectivity index (χ3n) is 4.64. The SMILES string of the molecule is CC1(C)CCCN(CC(O)c2cc3ccccc3o2)CC1. The summed E-state index contributed by atoms with van der Waals surface area (Å²) in [5.41, 5.74) is 1.28. The summed E-state index contributed by atoms with van der Waals surface area (Å²) in [6, 6.07) is 9.87. The summed E-state index contributed by atoms with van der Waals surface area (Å²) in [5.74, 6) is 0.680. The van der Waals surface area contributed by atoms with E-state index in [1.807, 2.05) is 30.3 Å². The first-order chi connectivity index (χ1) is 10.0. The van der Waals surface area contributed by atoms with Gasteiger partial charge in [0, 0.05) is 11.9 Å². The predicted molar refractivity (Wildman–Crippen MR) is 85.2 cm³/mol. The van der Waals surface area contributed by atoms with Crippen LogP contribution in [0.2, 0.25) is 0 Å². The second-order valence-electron chi connectivity index (χ2n) is 7.02. The lowest BCUT2D eigenvalue weighted by molar-refractivity contribution is 0.0960. The van der Waals surface area contributed by atoms with Gasteiger partial charge in [-0.1, -0.05) is 32.0 Å². The molecule has 3 heteroatoms. The Bertz CT molecular complexity index is 569. The van der Waals surface area contributed by atoms with E-state index in [0.29, 0.717) is 17.7 Å². The highest BCUT2D eigenvalue weighted by molar-refractivity contribution is 5.77. The van der Waals surface area contributed by atoms with Crippen molar-refractivity contribution < 1.29 is 9.52 Å². The molecule has 114 valence electrons. The largest absolute Gasteiger partial charge is 0.458 e. The van der Waals surface area contributed by atoms with E-state index < -0.39 is 6.10 Å². The quantitative estimate of drug-likeness (QED) is 0.927. The Morgan fingerprint density at radius 1 is 1.24 bits per heavy atom. The number of furan rings is 1. The average molecular weight is 287 g/mol. The molecule has 0 aliphatic carbocycles. The van der Waals surface area contributed by atoms with Crippen LogP contribution in [-0.2, 0) is 0 Å². The van der Waals surface area contributed by atoms with Gasteiger partial charge in [0.05, 0.1) is 0 Å². The highest BCUT2D eigenvalue weighted by atomic mass is 16.4. The predicted octanol–water partition coefficient (Wildman–Crippen LogP) is 3.98. The summed E-state index contributed by atoms with van der Waals surface area (Å²) in [7, 11) is 0. The maximum Gasteiger partial charge on any atom is 0.135 e. The van der Waals surface area contributed by atoms with Gasteiger partial charge in [-0.3, -0.25) is 0 Å². The van der Waals surface area contributed by atoms with Crippen molar-refractivity contribution in [3.8, 4) is 0 Å². The molecule has 1 saturated heterocycles. The third-order valence-corrected chi connectivity index (χ3v) is 4.64. The second-order valence-corrected chi connectivity index (χ2v) is 7.02. The molecule has 3 nitrogen and oxygen atoms in total. The van der Waals surface area contributed by atoms with E-state index in [-0.39, 0.29) is 0 Å². The summed E-state index contributed by atoms with van der Waals surface area (Å²) < 4.78 is 5.77. The minimum atomic E-state index is -0.543. The number of nitrogens with zero attached hydrogens (tertiary/aromatic N) is 1. The van der Waals surface area contributed by atoms with Crippen LogP contribution in [0.1, 0.15) is 45.0 Å². The van der Waals surface area contributed by atoms with Crippen molar-refractivity contribution in [3.63, 3.8) is 0 Å². The van der Waals surface area contributed by atoms with Gasteiger partial charge in [-0.15, -0.1) is 0 Å². The smallest absolute Gasteiger partial charge is 0.135 e. The molecule has 21 heavy (non-hydrogen) atoms. The van der Waals surface area contributed by atoms with Gasteiger partial charge in [0.25, 0.3) is 0 Å². The lowest BCUT2D eigenvalue weighted by Gasteiger charge is -2.24. The van der Waals surface area contributed by atoms with Crippen LogP contribution in [0, 0.1) is 5.41 Å². The number of benzene rings is 1. The summed E-state index contributed by atoms with van der Waals surface area (Å²) in [5, 5.41) is 11.5. The van der Waals surface area contributed by atoms with E-state index in [2.05, 4.69) is 18.7 Å². The number of para-hydroxylation sites is 1. The van der Waals surface area contributed by atoms with E-state index in [0.717, 1.165) is 24.1 Å². The van der Waals surface area contributed by atoms with Gasteiger partial charge in [-0.2, -0.15) is 0 Å². The Hall–Kier alpha value is -1.32. The number of hydrogen-bond donors (Lipinski definition) is 1. The molecule has 0 saturated carbocycles. The Morgan fingerprint density at radius 3 is 2.86 bits per heavy atom. The molecule has 0 radical (unpaired) electrons. The van der Waals surface area contributed by atoms with E-state index in [1.54, 1.807) is 0 Å². The molecule has 3 rings (SSSR count). The van der Waals surface area contributed by atoms with Gasteiger partial charge in [-0.05, 0) is 49.9 Å². The summed E-state index contributed by atoms with van der Waals surface area (Å²) >= 11 is 0.